The standard InChI is InChI=1S/C16H27N3O3.HI/c1-16(2,3)22-14(20)7-18-15(17-4)19-8-10-11(9-19)13-6-5-12(10)21-13;/h10-13H,5-9H2,1-4H3,(H,17,18);1H. The summed E-state index contributed by atoms with van der Waals surface area (Å²) in [6, 6.07) is 0. The van der Waals surface area contributed by atoms with Crippen molar-refractivity contribution in [1.82, 2.24) is 10.2 Å². The highest BCUT2D eigenvalue weighted by atomic mass is 127. The molecule has 0 spiro atoms. The van der Waals surface area contributed by atoms with Gasteiger partial charge in [-0.3, -0.25) is 9.79 Å². The quantitative estimate of drug-likeness (QED) is 0.308. The molecule has 0 radical (unpaired) electrons. The number of ether oxygens (including phenoxy) is 2. The third kappa shape index (κ3) is 4.10. The Balaban J connectivity index is 0.00000192. The Morgan fingerprint density at radius 2 is 1.83 bits per heavy atom. The summed E-state index contributed by atoms with van der Waals surface area (Å²) >= 11 is 0. The van der Waals surface area contributed by atoms with Gasteiger partial charge in [-0.15, -0.1) is 24.0 Å². The summed E-state index contributed by atoms with van der Waals surface area (Å²) in [6.07, 6.45) is 3.26. The van der Waals surface area contributed by atoms with E-state index in [1.807, 2.05) is 20.8 Å². The summed E-state index contributed by atoms with van der Waals surface area (Å²) in [5.74, 6) is 1.79. The normalized spacial score (nSPS) is 32.5. The fraction of sp³-hybridized carbons (Fsp3) is 0.875. The summed E-state index contributed by atoms with van der Waals surface area (Å²) < 4.78 is 11.3. The number of nitrogens with zero attached hydrogens (tertiary/aromatic N) is 2. The lowest BCUT2D eigenvalue weighted by Gasteiger charge is -2.24. The van der Waals surface area contributed by atoms with E-state index in [9.17, 15) is 4.79 Å². The van der Waals surface area contributed by atoms with Gasteiger partial charge in [0.05, 0.1) is 12.2 Å². The van der Waals surface area contributed by atoms with Crippen LogP contribution in [0.1, 0.15) is 33.6 Å². The van der Waals surface area contributed by atoms with Crippen molar-refractivity contribution in [2.24, 2.45) is 16.8 Å². The van der Waals surface area contributed by atoms with Crippen molar-refractivity contribution in [1.29, 1.82) is 0 Å². The number of hydrogen-bond acceptors (Lipinski definition) is 4. The van der Waals surface area contributed by atoms with E-state index in [2.05, 4.69) is 15.2 Å². The van der Waals surface area contributed by atoms with E-state index < -0.39 is 5.60 Å². The number of likely N-dealkylation sites (tertiary alicyclic amines) is 1. The van der Waals surface area contributed by atoms with Crippen molar-refractivity contribution in [2.45, 2.75) is 51.4 Å². The van der Waals surface area contributed by atoms with Crippen LogP contribution < -0.4 is 5.32 Å². The Morgan fingerprint density at radius 1 is 1.26 bits per heavy atom. The van der Waals surface area contributed by atoms with E-state index in [0.29, 0.717) is 24.0 Å². The number of nitrogens with one attached hydrogen (secondary N) is 1. The van der Waals surface area contributed by atoms with Crippen LogP contribution in [0.3, 0.4) is 0 Å². The number of hydrogen-bond donors (Lipinski definition) is 1. The molecule has 6 nitrogen and oxygen atoms in total. The van der Waals surface area contributed by atoms with Gasteiger partial charge in [0.25, 0.3) is 0 Å². The van der Waals surface area contributed by atoms with Gasteiger partial charge in [-0.05, 0) is 33.6 Å². The highest BCUT2D eigenvalue weighted by Crippen LogP contribution is 2.47. The van der Waals surface area contributed by atoms with Crippen molar-refractivity contribution in [2.75, 3.05) is 26.7 Å². The molecule has 3 saturated heterocycles. The molecule has 3 rings (SSSR count). The molecular formula is C16H28IN3O3. The third-order valence-corrected chi connectivity index (χ3v) is 4.77. The molecule has 3 fully saturated rings. The van der Waals surface area contributed by atoms with Crippen molar-refractivity contribution in [3.8, 4) is 0 Å². The van der Waals surface area contributed by atoms with E-state index in [0.717, 1.165) is 19.0 Å². The molecule has 2 bridgehead atoms. The predicted molar refractivity (Wildman–Crippen MR) is 99.1 cm³/mol. The minimum absolute atomic E-state index is 0. The van der Waals surface area contributed by atoms with Crippen LogP contribution in [-0.4, -0.2) is 61.3 Å². The van der Waals surface area contributed by atoms with Gasteiger partial charge in [-0.2, -0.15) is 0 Å². The van der Waals surface area contributed by atoms with E-state index in [-0.39, 0.29) is 36.5 Å². The minimum atomic E-state index is -0.455. The van der Waals surface area contributed by atoms with Gasteiger partial charge in [-0.1, -0.05) is 0 Å². The van der Waals surface area contributed by atoms with Crippen LogP contribution in [0, 0.1) is 11.8 Å². The van der Waals surface area contributed by atoms with Gasteiger partial charge in [0.1, 0.15) is 12.1 Å². The van der Waals surface area contributed by atoms with Gasteiger partial charge in [-0.25, -0.2) is 0 Å². The Hall–Kier alpha value is -0.570. The first-order chi connectivity index (χ1) is 10.4. The maximum absolute atomic E-state index is 11.8. The minimum Gasteiger partial charge on any atom is -0.459 e. The number of halogens is 1. The molecule has 0 aromatic heterocycles. The van der Waals surface area contributed by atoms with Gasteiger partial charge in [0.2, 0.25) is 0 Å². The Bertz CT molecular complexity index is 460. The second-order valence-corrected chi connectivity index (χ2v) is 7.51. The number of carbonyl (C=O) groups is 1. The number of carbonyl (C=O) groups excluding carboxylic acids is 1. The van der Waals surface area contributed by atoms with Crippen molar-refractivity contribution in [3.63, 3.8) is 0 Å². The van der Waals surface area contributed by atoms with E-state index in [1.165, 1.54) is 12.8 Å². The van der Waals surface area contributed by atoms with E-state index in [4.69, 9.17) is 9.47 Å². The molecule has 3 aliphatic heterocycles. The first-order valence-electron chi connectivity index (χ1n) is 8.20. The van der Waals surface area contributed by atoms with E-state index in [1.54, 1.807) is 7.05 Å². The van der Waals surface area contributed by atoms with Crippen molar-refractivity contribution in [3.05, 3.63) is 0 Å². The fourth-order valence-electron chi connectivity index (χ4n) is 3.99. The second kappa shape index (κ2) is 7.13. The smallest absolute Gasteiger partial charge is 0.325 e. The average molecular weight is 437 g/mol. The van der Waals surface area contributed by atoms with Gasteiger partial charge in [0.15, 0.2) is 5.96 Å². The molecule has 4 atom stereocenters. The molecule has 132 valence electrons. The average Bonchev–Trinajstić information content (AvgIpc) is 3.09. The highest BCUT2D eigenvalue weighted by molar-refractivity contribution is 14.0. The summed E-state index contributed by atoms with van der Waals surface area (Å²) in [5.41, 5.74) is -0.455. The third-order valence-electron chi connectivity index (χ3n) is 4.77. The number of fused-ring (bicyclic) bond motifs is 5. The summed E-state index contributed by atoms with van der Waals surface area (Å²) in [6.45, 7) is 7.71. The molecule has 23 heavy (non-hydrogen) atoms. The van der Waals surface area contributed by atoms with Crippen molar-refractivity contribution >= 4 is 35.9 Å². The predicted octanol–water partition coefficient (Wildman–Crippen LogP) is 1.63. The molecule has 3 heterocycles. The first kappa shape index (κ1) is 18.8. The van der Waals surface area contributed by atoms with Gasteiger partial charge >= 0.3 is 5.97 Å². The molecule has 0 aliphatic carbocycles. The largest absolute Gasteiger partial charge is 0.459 e. The zero-order valence-electron chi connectivity index (χ0n) is 14.4. The fourth-order valence-corrected chi connectivity index (χ4v) is 3.99. The molecule has 1 N–H and O–H groups in total. The van der Waals surface area contributed by atoms with Crippen LogP contribution in [0.4, 0.5) is 0 Å². The maximum Gasteiger partial charge on any atom is 0.325 e. The summed E-state index contributed by atoms with van der Waals surface area (Å²) in [5, 5.41) is 3.13. The Kier molecular flexibility index (Phi) is 5.81. The van der Waals surface area contributed by atoms with Gasteiger partial charge < -0.3 is 19.7 Å². The zero-order valence-corrected chi connectivity index (χ0v) is 16.7. The second-order valence-electron chi connectivity index (χ2n) is 7.51. The zero-order chi connectivity index (χ0) is 15.9. The molecule has 3 aliphatic rings. The van der Waals surface area contributed by atoms with Crippen LogP contribution in [0.5, 0.6) is 0 Å². The molecule has 0 saturated carbocycles. The lowest BCUT2D eigenvalue weighted by atomic mass is 9.82. The van der Waals surface area contributed by atoms with E-state index >= 15 is 0 Å². The highest BCUT2D eigenvalue weighted by Gasteiger charge is 2.53. The van der Waals surface area contributed by atoms with Gasteiger partial charge in [0, 0.05) is 32.0 Å². The molecule has 0 aromatic carbocycles. The number of aliphatic imine (C=N–C) groups is 1. The topological polar surface area (TPSA) is 63.2 Å². The summed E-state index contributed by atoms with van der Waals surface area (Å²) in [4.78, 5) is 18.4. The SMILES string of the molecule is CN=C(NCC(=O)OC(C)(C)C)N1CC2C3CCC(O3)C2C1.I. The molecular weight excluding hydrogens is 409 g/mol. The van der Waals surface area contributed by atoms with Crippen LogP contribution in [-0.2, 0) is 14.3 Å². The van der Waals surface area contributed by atoms with Crippen LogP contribution in [0.25, 0.3) is 0 Å². The van der Waals surface area contributed by atoms with Crippen molar-refractivity contribution < 1.29 is 14.3 Å². The van der Waals surface area contributed by atoms with Crippen LogP contribution >= 0.6 is 24.0 Å². The first-order valence-corrected chi connectivity index (χ1v) is 8.20. The Labute approximate surface area is 155 Å². The Morgan fingerprint density at radius 3 is 2.30 bits per heavy atom. The lowest BCUT2D eigenvalue weighted by Crippen LogP contribution is -2.44. The number of esters is 1. The summed E-state index contributed by atoms with van der Waals surface area (Å²) in [7, 11) is 1.76. The lowest BCUT2D eigenvalue weighted by molar-refractivity contribution is -0.153. The molecule has 0 amide bonds. The molecule has 7 heteroatoms. The van der Waals surface area contributed by atoms with Crippen LogP contribution in [0.15, 0.2) is 4.99 Å². The molecule has 0 aromatic rings. The number of rotatable bonds is 2. The maximum atomic E-state index is 11.8. The van der Waals surface area contributed by atoms with Crippen LogP contribution in [0.2, 0.25) is 0 Å². The monoisotopic (exact) mass is 437 g/mol. The number of guanidine groups is 1. The molecule has 4 unspecified atom stereocenters.